The molecule has 0 aromatic rings. The average molecular weight is 264 g/mol. The number of amides is 2. The van der Waals surface area contributed by atoms with Crippen LogP contribution in [0.15, 0.2) is 0 Å². The fourth-order valence-corrected chi connectivity index (χ4v) is 1.76. The molecule has 0 aliphatic carbocycles. The van der Waals surface area contributed by atoms with Crippen molar-refractivity contribution in [3.63, 3.8) is 0 Å². The number of nitrogens with one attached hydrogen (secondary N) is 3. The topological polar surface area (TPSA) is 70.2 Å². The molecule has 0 radical (unpaired) electrons. The SMILES string of the molecule is CNC(=O)C(C)(C)CNC(=O)C1CCCN1.Cl. The number of halogens is 1. The van der Waals surface area contributed by atoms with Crippen LogP contribution in [0.3, 0.4) is 0 Å². The van der Waals surface area contributed by atoms with Crippen molar-refractivity contribution in [1.29, 1.82) is 0 Å². The molecule has 0 saturated carbocycles. The van der Waals surface area contributed by atoms with E-state index in [9.17, 15) is 9.59 Å². The third kappa shape index (κ3) is 4.52. The zero-order valence-corrected chi connectivity index (χ0v) is 11.4. The summed E-state index contributed by atoms with van der Waals surface area (Å²) in [5.74, 6) is -0.0679. The first-order valence-corrected chi connectivity index (χ1v) is 5.70. The van der Waals surface area contributed by atoms with E-state index in [0.29, 0.717) is 6.54 Å². The number of hydrogen-bond acceptors (Lipinski definition) is 3. The number of rotatable bonds is 4. The molecular weight excluding hydrogens is 242 g/mol. The van der Waals surface area contributed by atoms with Gasteiger partial charge in [0, 0.05) is 13.6 Å². The minimum Gasteiger partial charge on any atom is -0.359 e. The molecule has 1 rings (SSSR count). The highest BCUT2D eigenvalue weighted by atomic mass is 35.5. The van der Waals surface area contributed by atoms with Crippen molar-refractivity contribution in [2.45, 2.75) is 32.7 Å². The Morgan fingerprint density at radius 1 is 1.41 bits per heavy atom. The van der Waals surface area contributed by atoms with E-state index in [4.69, 9.17) is 0 Å². The predicted molar refractivity (Wildman–Crippen MR) is 69.1 cm³/mol. The van der Waals surface area contributed by atoms with Crippen LogP contribution in [0.5, 0.6) is 0 Å². The highest BCUT2D eigenvalue weighted by Crippen LogP contribution is 2.13. The van der Waals surface area contributed by atoms with Crippen LogP contribution in [-0.2, 0) is 9.59 Å². The minimum absolute atomic E-state index is 0. The van der Waals surface area contributed by atoms with Crippen molar-refractivity contribution in [2.24, 2.45) is 5.41 Å². The van der Waals surface area contributed by atoms with Gasteiger partial charge in [0.25, 0.3) is 0 Å². The second-order valence-electron chi connectivity index (χ2n) is 4.83. The van der Waals surface area contributed by atoms with Crippen LogP contribution < -0.4 is 16.0 Å². The van der Waals surface area contributed by atoms with Gasteiger partial charge < -0.3 is 16.0 Å². The molecule has 0 aromatic carbocycles. The molecule has 0 bridgehead atoms. The van der Waals surface area contributed by atoms with Gasteiger partial charge in [0.2, 0.25) is 11.8 Å². The summed E-state index contributed by atoms with van der Waals surface area (Å²) in [5.41, 5.74) is -0.566. The Hall–Kier alpha value is -0.810. The van der Waals surface area contributed by atoms with E-state index in [0.717, 1.165) is 19.4 Å². The first kappa shape index (κ1) is 16.2. The van der Waals surface area contributed by atoms with Crippen LogP contribution in [-0.4, -0.2) is 38.0 Å². The van der Waals surface area contributed by atoms with E-state index in [1.54, 1.807) is 7.05 Å². The van der Waals surface area contributed by atoms with Gasteiger partial charge in [-0.05, 0) is 33.2 Å². The summed E-state index contributed by atoms with van der Waals surface area (Å²) in [7, 11) is 1.60. The van der Waals surface area contributed by atoms with E-state index in [1.807, 2.05) is 13.8 Å². The fourth-order valence-electron chi connectivity index (χ4n) is 1.76. The molecule has 1 unspecified atom stereocenters. The minimum atomic E-state index is -0.566. The maximum atomic E-state index is 11.7. The maximum Gasteiger partial charge on any atom is 0.237 e. The van der Waals surface area contributed by atoms with Gasteiger partial charge in [0.05, 0.1) is 11.5 Å². The van der Waals surface area contributed by atoms with Crippen molar-refractivity contribution in [1.82, 2.24) is 16.0 Å². The lowest BCUT2D eigenvalue weighted by Crippen LogP contribution is -2.48. The quantitative estimate of drug-likeness (QED) is 0.671. The average Bonchev–Trinajstić information content (AvgIpc) is 2.78. The summed E-state index contributed by atoms with van der Waals surface area (Å²) in [6.07, 6.45) is 1.92. The van der Waals surface area contributed by atoms with Gasteiger partial charge in [0.15, 0.2) is 0 Å². The number of carbonyl (C=O) groups excluding carboxylic acids is 2. The number of carbonyl (C=O) groups is 2. The molecule has 100 valence electrons. The van der Waals surface area contributed by atoms with Gasteiger partial charge in [-0.25, -0.2) is 0 Å². The molecule has 0 spiro atoms. The van der Waals surface area contributed by atoms with Gasteiger partial charge in [-0.2, -0.15) is 0 Å². The molecular formula is C11H22ClN3O2. The Kier molecular flexibility index (Phi) is 6.49. The van der Waals surface area contributed by atoms with Gasteiger partial charge in [-0.15, -0.1) is 12.4 Å². The molecule has 0 aromatic heterocycles. The summed E-state index contributed by atoms with van der Waals surface area (Å²) < 4.78 is 0. The van der Waals surface area contributed by atoms with Gasteiger partial charge in [-0.1, -0.05) is 0 Å². The maximum absolute atomic E-state index is 11.7. The molecule has 6 heteroatoms. The normalized spacial score (nSPS) is 19.4. The summed E-state index contributed by atoms with van der Waals surface area (Å²) in [6.45, 7) is 4.89. The Morgan fingerprint density at radius 2 is 2.06 bits per heavy atom. The van der Waals surface area contributed by atoms with E-state index in [-0.39, 0.29) is 30.3 Å². The molecule has 17 heavy (non-hydrogen) atoms. The Bertz CT molecular complexity index is 276. The van der Waals surface area contributed by atoms with Crippen molar-refractivity contribution in [3.05, 3.63) is 0 Å². The number of hydrogen-bond donors (Lipinski definition) is 3. The summed E-state index contributed by atoms with van der Waals surface area (Å²) in [4.78, 5) is 23.2. The second kappa shape index (κ2) is 6.81. The van der Waals surface area contributed by atoms with Crippen LogP contribution >= 0.6 is 12.4 Å². The van der Waals surface area contributed by atoms with Crippen molar-refractivity contribution in [3.8, 4) is 0 Å². The van der Waals surface area contributed by atoms with Gasteiger partial charge in [0.1, 0.15) is 0 Å². The van der Waals surface area contributed by atoms with E-state index in [2.05, 4.69) is 16.0 Å². The highest BCUT2D eigenvalue weighted by Gasteiger charge is 2.29. The van der Waals surface area contributed by atoms with Crippen LogP contribution in [0.1, 0.15) is 26.7 Å². The third-order valence-corrected chi connectivity index (χ3v) is 2.92. The molecule has 1 atom stereocenters. The second-order valence-corrected chi connectivity index (χ2v) is 4.83. The summed E-state index contributed by atoms with van der Waals surface area (Å²) in [5, 5.41) is 8.53. The Balaban J connectivity index is 0.00000256. The molecule has 2 amide bonds. The first-order chi connectivity index (χ1) is 7.47. The Morgan fingerprint density at radius 3 is 2.53 bits per heavy atom. The van der Waals surface area contributed by atoms with Crippen molar-refractivity contribution in [2.75, 3.05) is 20.1 Å². The van der Waals surface area contributed by atoms with Crippen LogP contribution in [0, 0.1) is 5.41 Å². The lowest BCUT2D eigenvalue weighted by Gasteiger charge is -2.23. The standard InChI is InChI=1S/C11H21N3O2.ClH/c1-11(2,10(16)12-3)7-14-9(15)8-5-4-6-13-8;/h8,13H,4-7H2,1-3H3,(H,12,16)(H,14,15);1H. The molecule has 1 heterocycles. The predicted octanol–water partition coefficient (Wildman–Crippen LogP) is 0.0486. The fraction of sp³-hybridized carbons (Fsp3) is 0.818. The van der Waals surface area contributed by atoms with Crippen LogP contribution in [0.25, 0.3) is 0 Å². The molecule has 5 nitrogen and oxygen atoms in total. The van der Waals surface area contributed by atoms with Gasteiger partial charge in [-0.3, -0.25) is 9.59 Å². The van der Waals surface area contributed by atoms with Crippen molar-refractivity contribution >= 4 is 24.2 Å². The third-order valence-electron chi connectivity index (χ3n) is 2.92. The first-order valence-electron chi connectivity index (χ1n) is 5.70. The van der Waals surface area contributed by atoms with Crippen LogP contribution in [0.2, 0.25) is 0 Å². The van der Waals surface area contributed by atoms with E-state index < -0.39 is 5.41 Å². The lowest BCUT2D eigenvalue weighted by atomic mass is 9.92. The smallest absolute Gasteiger partial charge is 0.237 e. The Labute approximate surface area is 109 Å². The van der Waals surface area contributed by atoms with E-state index >= 15 is 0 Å². The molecule has 1 aliphatic rings. The van der Waals surface area contributed by atoms with Crippen molar-refractivity contribution < 1.29 is 9.59 Å². The summed E-state index contributed by atoms with van der Waals surface area (Å²) >= 11 is 0. The van der Waals surface area contributed by atoms with E-state index in [1.165, 1.54) is 0 Å². The largest absolute Gasteiger partial charge is 0.359 e. The molecule has 1 saturated heterocycles. The zero-order valence-electron chi connectivity index (χ0n) is 10.6. The molecule has 1 fully saturated rings. The monoisotopic (exact) mass is 263 g/mol. The molecule has 1 aliphatic heterocycles. The molecule has 3 N–H and O–H groups in total. The lowest BCUT2D eigenvalue weighted by molar-refractivity contribution is -0.129. The summed E-state index contributed by atoms with van der Waals surface area (Å²) in [6, 6.07) is -0.0829. The highest BCUT2D eigenvalue weighted by molar-refractivity contribution is 5.85. The van der Waals surface area contributed by atoms with Crippen LogP contribution in [0.4, 0.5) is 0 Å². The van der Waals surface area contributed by atoms with Gasteiger partial charge >= 0.3 is 0 Å². The zero-order chi connectivity index (χ0) is 12.2.